The molecule has 6 fully saturated rings. The molecule has 0 aromatic heterocycles. The summed E-state index contributed by atoms with van der Waals surface area (Å²) < 4.78 is 27.9. The van der Waals surface area contributed by atoms with Crippen molar-refractivity contribution in [2.75, 3.05) is 25.4 Å². The molecule has 2 saturated heterocycles. The van der Waals surface area contributed by atoms with Gasteiger partial charge >= 0.3 is 6.03 Å². The molecule has 6 aliphatic rings. The van der Waals surface area contributed by atoms with Gasteiger partial charge in [-0.3, -0.25) is 19.2 Å². The summed E-state index contributed by atoms with van der Waals surface area (Å²) >= 11 is 0. The Bertz CT molecular complexity index is 1470. The van der Waals surface area contributed by atoms with Crippen molar-refractivity contribution in [2.24, 2.45) is 28.6 Å². The minimum absolute atomic E-state index is 0.0131. The summed E-state index contributed by atoms with van der Waals surface area (Å²) in [5.74, 6) is -1.88. The predicted octanol–water partition coefficient (Wildman–Crippen LogP) is 2.44. The SMILES string of the molecule is CC(C)(C)[C@H](NC(=O)NC1(CS(=O)(=O)N2CCC2)CCCCC1)C(=O)N1C[C@H]2[C@@H]([C@H]1C(=O)N[C@@H](CCC1CC1)C(=O)C(=O)NC1CC1)C2(C)C. The molecule has 280 valence electrons. The first-order valence-electron chi connectivity index (χ1n) is 18.9. The number of sulfonamides is 1. The van der Waals surface area contributed by atoms with Crippen molar-refractivity contribution in [1.82, 2.24) is 30.5 Å². The molecule has 2 heterocycles. The molecule has 4 aliphatic carbocycles. The van der Waals surface area contributed by atoms with E-state index >= 15 is 0 Å². The molecular formula is C36H58N6O7S. The van der Waals surface area contributed by atoms with Crippen molar-refractivity contribution in [2.45, 2.75) is 141 Å². The van der Waals surface area contributed by atoms with Crippen molar-refractivity contribution in [3.05, 3.63) is 0 Å². The zero-order chi connectivity index (χ0) is 36.2. The second kappa shape index (κ2) is 13.7. The fourth-order valence-corrected chi connectivity index (χ4v) is 10.6. The molecule has 0 unspecified atom stereocenters. The molecule has 0 bridgehead atoms. The number of nitrogens with one attached hydrogen (secondary N) is 4. The van der Waals surface area contributed by atoms with Gasteiger partial charge in [0.2, 0.25) is 27.6 Å². The summed E-state index contributed by atoms with van der Waals surface area (Å²) in [6, 6.07) is -3.42. The fraction of sp³-hybridized carbons (Fsp3) is 0.861. The first-order valence-corrected chi connectivity index (χ1v) is 20.5. The Balaban J connectivity index is 1.17. The van der Waals surface area contributed by atoms with Gasteiger partial charge in [0.25, 0.3) is 5.91 Å². The molecule has 0 aromatic rings. The molecule has 2 aliphatic heterocycles. The van der Waals surface area contributed by atoms with Crippen molar-refractivity contribution in [3.8, 4) is 0 Å². The van der Waals surface area contributed by atoms with E-state index in [9.17, 15) is 32.4 Å². The highest BCUT2D eigenvalue weighted by molar-refractivity contribution is 7.89. The van der Waals surface area contributed by atoms with Crippen molar-refractivity contribution in [1.29, 1.82) is 0 Å². The van der Waals surface area contributed by atoms with E-state index in [0.29, 0.717) is 44.8 Å². The summed E-state index contributed by atoms with van der Waals surface area (Å²) in [5, 5.41) is 11.6. The van der Waals surface area contributed by atoms with Crippen LogP contribution in [-0.2, 0) is 29.2 Å². The van der Waals surface area contributed by atoms with Gasteiger partial charge in [-0.05, 0) is 73.5 Å². The van der Waals surface area contributed by atoms with Crippen LogP contribution in [0.5, 0.6) is 0 Å². The van der Waals surface area contributed by atoms with Crippen molar-refractivity contribution < 1.29 is 32.4 Å². The molecule has 5 amide bonds. The summed E-state index contributed by atoms with van der Waals surface area (Å²) in [4.78, 5) is 70.1. The summed E-state index contributed by atoms with van der Waals surface area (Å²) in [5.41, 5.74) is -1.87. The van der Waals surface area contributed by atoms with Gasteiger partial charge in [-0.2, -0.15) is 0 Å². The average molecular weight is 719 g/mol. The second-order valence-electron chi connectivity index (χ2n) is 17.8. The number of carbonyl (C=O) groups is 5. The molecule has 0 spiro atoms. The maximum atomic E-state index is 14.5. The molecular weight excluding hydrogens is 660 g/mol. The molecule has 14 heteroatoms. The quantitative estimate of drug-likeness (QED) is 0.200. The summed E-state index contributed by atoms with van der Waals surface area (Å²) in [6.07, 6.45) is 9.42. The Kier molecular flexibility index (Phi) is 10.1. The number of Topliss-reactive ketones (excluding diaryl/α,β-unsaturated/α-hetero) is 1. The summed E-state index contributed by atoms with van der Waals surface area (Å²) in [7, 11) is -3.55. The standard InChI is InChI=1S/C36H58N6O7S/c1-34(2,3)29(39-33(47)40-36(16-7-6-8-17-36)21-50(48,49)41-18-9-19-41)32(46)42-20-24-26(35(24,4)5)27(42)30(44)38-25(15-12-22-10-11-22)28(43)31(45)37-23-13-14-23/h22-27,29H,6-21H2,1-5H3,(H,37,45)(H,38,44)(H2,39,40,47)/t24-,25-,26-,27-,29+/m0/s1. The monoisotopic (exact) mass is 718 g/mol. The zero-order valence-corrected chi connectivity index (χ0v) is 31.3. The van der Waals surface area contributed by atoms with Crippen molar-refractivity contribution in [3.63, 3.8) is 0 Å². The Morgan fingerprint density at radius 1 is 0.900 bits per heavy atom. The predicted molar refractivity (Wildman–Crippen MR) is 187 cm³/mol. The molecule has 6 rings (SSSR count). The first kappa shape index (κ1) is 37.0. The summed E-state index contributed by atoms with van der Waals surface area (Å²) in [6.45, 7) is 11.0. The third-order valence-corrected chi connectivity index (χ3v) is 14.4. The lowest BCUT2D eigenvalue weighted by atomic mass is 9.83. The Hall–Kier alpha value is -2.74. The number of piperidine rings is 1. The third-order valence-electron chi connectivity index (χ3n) is 12.3. The highest BCUT2D eigenvalue weighted by Gasteiger charge is 2.70. The minimum atomic E-state index is -3.55. The maximum absolute atomic E-state index is 14.5. The number of hydrogen-bond donors (Lipinski definition) is 4. The number of rotatable bonds is 14. The van der Waals surface area contributed by atoms with Crippen LogP contribution < -0.4 is 21.3 Å². The lowest BCUT2D eigenvalue weighted by Crippen LogP contribution is -2.64. The lowest BCUT2D eigenvalue weighted by Gasteiger charge is -2.42. The number of urea groups is 1. The van der Waals surface area contributed by atoms with E-state index in [2.05, 4.69) is 35.1 Å². The van der Waals surface area contributed by atoms with Gasteiger partial charge in [-0.1, -0.05) is 66.7 Å². The highest BCUT2D eigenvalue weighted by atomic mass is 32.2. The maximum Gasteiger partial charge on any atom is 0.315 e. The number of nitrogens with zero attached hydrogens (tertiary/aromatic N) is 2. The molecule has 0 radical (unpaired) electrons. The van der Waals surface area contributed by atoms with Gasteiger partial charge in [0, 0.05) is 25.7 Å². The smallest absolute Gasteiger partial charge is 0.315 e. The Labute approximate surface area is 297 Å². The second-order valence-corrected chi connectivity index (χ2v) is 19.8. The fourth-order valence-electron chi connectivity index (χ4n) is 8.55. The minimum Gasteiger partial charge on any atom is -0.347 e. The van der Waals surface area contributed by atoms with E-state index in [4.69, 9.17) is 0 Å². The van der Waals surface area contributed by atoms with Gasteiger partial charge in [0.15, 0.2) is 0 Å². The number of amides is 5. The molecule has 4 N–H and O–H groups in total. The number of fused-ring (bicyclic) bond motifs is 1. The van der Waals surface area contributed by atoms with E-state index in [1.165, 1.54) is 4.31 Å². The Morgan fingerprint density at radius 2 is 1.56 bits per heavy atom. The van der Waals surface area contributed by atoms with E-state index in [-0.39, 0.29) is 29.0 Å². The number of hydrogen-bond acceptors (Lipinski definition) is 7. The van der Waals surface area contributed by atoms with Gasteiger partial charge in [0.1, 0.15) is 12.1 Å². The highest BCUT2D eigenvalue weighted by Crippen LogP contribution is 2.65. The van der Waals surface area contributed by atoms with Gasteiger partial charge in [-0.25, -0.2) is 17.5 Å². The van der Waals surface area contributed by atoms with Gasteiger partial charge in [0.05, 0.1) is 17.3 Å². The van der Waals surface area contributed by atoms with E-state index in [1.54, 1.807) is 4.90 Å². The largest absolute Gasteiger partial charge is 0.347 e. The van der Waals surface area contributed by atoms with Crippen molar-refractivity contribution >= 4 is 39.6 Å². The van der Waals surface area contributed by atoms with E-state index < -0.39 is 68.6 Å². The third kappa shape index (κ3) is 8.00. The molecule has 0 aromatic carbocycles. The zero-order valence-electron chi connectivity index (χ0n) is 30.5. The topological polar surface area (TPSA) is 174 Å². The van der Waals surface area contributed by atoms with Crippen LogP contribution in [0.25, 0.3) is 0 Å². The molecule has 13 nitrogen and oxygen atoms in total. The van der Waals surface area contributed by atoms with Crippen LogP contribution in [0, 0.1) is 28.6 Å². The normalized spacial score (nSPS) is 28.3. The van der Waals surface area contributed by atoms with Gasteiger partial charge in [-0.15, -0.1) is 0 Å². The number of likely N-dealkylation sites (tertiary alicyclic amines) is 1. The van der Waals surface area contributed by atoms with Crippen LogP contribution in [0.3, 0.4) is 0 Å². The molecule has 50 heavy (non-hydrogen) atoms. The van der Waals surface area contributed by atoms with Crippen LogP contribution in [-0.4, -0.2) is 102 Å². The van der Waals surface area contributed by atoms with Gasteiger partial charge < -0.3 is 26.2 Å². The van der Waals surface area contributed by atoms with Crippen LogP contribution in [0.15, 0.2) is 0 Å². The van der Waals surface area contributed by atoms with Crippen LogP contribution in [0.1, 0.15) is 112 Å². The van der Waals surface area contributed by atoms with Crippen LogP contribution >= 0.6 is 0 Å². The average Bonchev–Trinajstić information content (AvgIpc) is 3.95. The first-order chi connectivity index (χ1) is 23.4. The number of carbonyl (C=O) groups excluding carboxylic acids is 5. The van der Waals surface area contributed by atoms with Crippen LogP contribution in [0.4, 0.5) is 4.79 Å². The Morgan fingerprint density at radius 3 is 2.12 bits per heavy atom. The van der Waals surface area contributed by atoms with Crippen LogP contribution in [0.2, 0.25) is 0 Å². The molecule has 5 atom stereocenters. The lowest BCUT2D eigenvalue weighted by molar-refractivity contribution is -0.145. The van der Waals surface area contributed by atoms with E-state index in [0.717, 1.165) is 57.8 Å². The van der Waals surface area contributed by atoms with E-state index in [1.807, 2.05) is 20.8 Å². The number of ketones is 1. The molecule has 4 saturated carbocycles.